The maximum Gasteiger partial charge on any atom is 0.308 e. The minimum Gasteiger partial charge on any atom is -0.469 e. The van der Waals surface area contributed by atoms with Crippen molar-refractivity contribution in [3.05, 3.63) is 0 Å². The molecule has 3 rings (SSSR count). The van der Waals surface area contributed by atoms with Gasteiger partial charge in [0, 0.05) is 17.5 Å². The van der Waals surface area contributed by atoms with Crippen molar-refractivity contribution < 1.29 is 9.53 Å². The summed E-state index contributed by atoms with van der Waals surface area (Å²) in [4.78, 5) is 13.9. The Balaban J connectivity index is 1.77. The van der Waals surface area contributed by atoms with E-state index >= 15 is 0 Å². The highest BCUT2D eigenvalue weighted by atomic mass is 16.5. The van der Waals surface area contributed by atoms with Crippen LogP contribution in [0.15, 0.2) is 0 Å². The first-order chi connectivity index (χ1) is 6.69. The number of ether oxygens (including phenoxy) is 1. The van der Waals surface area contributed by atoms with Gasteiger partial charge < -0.3 is 4.74 Å². The summed E-state index contributed by atoms with van der Waals surface area (Å²) in [5.41, 5.74) is 0.521. The average molecular weight is 195 g/mol. The summed E-state index contributed by atoms with van der Waals surface area (Å²) in [6.45, 7) is 0. The summed E-state index contributed by atoms with van der Waals surface area (Å²) in [7, 11) is 3.70. The van der Waals surface area contributed by atoms with Crippen LogP contribution in [0.4, 0.5) is 0 Å². The molecule has 3 heteroatoms. The lowest BCUT2D eigenvalue weighted by molar-refractivity contribution is -0.174. The quantitative estimate of drug-likeness (QED) is 0.585. The number of rotatable bonds is 1. The predicted molar refractivity (Wildman–Crippen MR) is 51.7 cm³/mol. The smallest absolute Gasteiger partial charge is 0.308 e. The van der Waals surface area contributed by atoms with Crippen LogP contribution in [0.25, 0.3) is 0 Å². The van der Waals surface area contributed by atoms with Crippen molar-refractivity contribution >= 4 is 5.97 Å². The molecule has 0 aromatic rings. The van der Waals surface area contributed by atoms with Crippen LogP contribution in [0.5, 0.6) is 0 Å². The van der Waals surface area contributed by atoms with E-state index in [1.54, 1.807) is 0 Å². The van der Waals surface area contributed by atoms with Gasteiger partial charge in [0.1, 0.15) is 0 Å². The van der Waals surface area contributed by atoms with Gasteiger partial charge in [0.15, 0.2) is 0 Å². The molecule has 0 N–H and O–H groups in total. The number of carbonyl (C=O) groups is 1. The molecule has 1 heterocycles. The summed E-state index contributed by atoms with van der Waals surface area (Å²) in [5.74, 6) is 0.186. The highest BCUT2D eigenvalue weighted by molar-refractivity contribution is 5.73. The summed E-state index contributed by atoms with van der Waals surface area (Å²) in [6, 6.07) is 1.45. The Morgan fingerprint density at radius 3 is 2.79 bits per heavy atom. The minimum absolute atomic E-state index is 0.00725. The van der Waals surface area contributed by atoms with Crippen molar-refractivity contribution in [3.63, 3.8) is 0 Å². The van der Waals surface area contributed by atoms with Gasteiger partial charge in [-0.05, 0) is 32.7 Å². The molecular weight excluding hydrogens is 178 g/mol. The zero-order valence-electron chi connectivity index (χ0n) is 8.82. The van der Waals surface area contributed by atoms with Crippen LogP contribution in [0.2, 0.25) is 0 Å². The van der Waals surface area contributed by atoms with Crippen molar-refractivity contribution in [3.8, 4) is 0 Å². The van der Waals surface area contributed by atoms with Crippen molar-refractivity contribution in [2.75, 3.05) is 14.2 Å². The van der Waals surface area contributed by atoms with Gasteiger partial charge in [-0.2, -0.15) is 0 Å². The number of methoxy groups -OCH3 is 1. The molecule has 0 bridgehead atoms. The zero-order valence-corrected chi connectivity index (χ0v) is 8.82. The highest BCUT2D eigenvalue weighted by Crippen LogP contribution is 2.65. The maximum absolute atomic E-state index is 11.5. The van der Waals surface area contributed by atoms with Gasteiger partial charge in [-0.1, -0.05) is 0 Å². The average Bonchev–Trinajstić information content (AvgIpc) is 2.55. The summed E-state index contributed by atoms with van der Waals surface area (Å²) in [5, 5.41) is 0. The monoisotopic (exact) mass is 195 g/mol. The van der Waals surface area contributed by atoms with E-state index in [2.05, 4.69) is 11.9 Å². The second-order valence-corrected chi connectivity index (χ2v) is 5.13. The van der Waals surface area contributed by atoms with Gasteiger partial charge in [0.05, 0.1) is 13.0 Å². The molecule has 0 aromatic heterocycles. The molecule has 2 saturated carbocycles. The van der Waals surface area contributed by atoms with Crippen LogP contribution in [-0.2, 0) is 9.53 Å². The molecule has 3 nitrogen and oxygen atoms in total. The second-order valence-electron chi connectivity index (χ2n) is 5.13. The number of nitrogens with zero attached hydrogens (tertiary/aromatic N) is 1. The molecule has 0 amide bonds. The van der Waals surface area contributed by atoms with E-state index in [9.17, 15) is 4.79 Å². The van der Waals surface area contributed by atoms with E-state index in [-0.39, 0.29) is 11.9 Å². The fourth-order valence-corrected chi connectivity index (χ4v) is 4.12. The Hall–Kier alpha value is -0.570. The Bertz CT molecular complexity index is 291. The Kier molecular flexibility index (Phi) is 1.56. The number of hydrogen-bond acceptors (Lipinski definition) is 3. The molecule has 1 aliphatic heterocycles. The number of esters is 1. The molecule has 1 saturated heterocycles. The molecule has 4 unspecified atom stereocenters. The lowest BCUT2D eigenvalue weighted by Gasteiger charge is -2.67. The van der Waals surface area contributed by atoms with Crippen LogP contribution >= 0.6 is 0 Å². The predicted octanol–water partition coefficient (Wildman–Crippen LogP) is 1.03. The van der Waals surface area contributed by atoms with Crippen LogP contribution in [-0.4, -0.2) is 37.1 Å². The van der Waals surface area contributed by atoms with Crippen molar-refractivity contribution in [2.24, 2.45) is 11.3 Å². The fraction of sp³-hybridized carbons (Fsp3) is 0.909. The van der Waals surface area contributed by atoms with Gasteiger partial charge in [-0.15, -0.1) is 0 Å². The van der Waals surface area contributed by atoms with Gasteiger partial charge >= 0.3 is 5.97 Å². The molecule has 78 valence electrons. The van der Waals surface area contributed by atoms with Crippen molar-refractivity contribution in [1.29, 1.82) is 0 Å². The van der Waals surface area contributed by atoms with Crippen LogP contribution in [0.1, 0.15) is 25.7 Å². The Morgan fingerprint density at radius 2 is 2.29 bits per heavy atom. The largest absolute Gasteiger partial charge is 0.469 e. The number of piperidine rings is 1. The Labute approximate surface area is 84.4 Å². The molecule has 3 fully saturated rings. The molecule has 0 aromatic carbocycles. The van der Waals surface area contributed by atoms with Gasteiger partial charge in [0.2, 0.25) is 0 Å². The molecule has 4 atom stereocenters. The maximum atomic E-state index is 11.5. The van der Waals surface area contributed by atoms with E-state index in [1.165, 1.54) is 20.0 Å². The first-order valence-electron chi connectivity index (χ1n) is 5.49. The third-order valence-corrected chi connectivity index (χ3v) is 4.86. The minimum atomic E-state index is 0.00725. The Morgan fingerprint density at radius 1 is 1.50 bits per heavy atom. The number of likely N-dealkylation sites (tertiary alicyclic amines) is 1. The zero-order chi connectivity index (χ0) is 9.92. The first-order valence-corrected chi connectivity index (χ1v) is 5.49. The third-order valence-electron chi connectivity index (χ3n) is 4.86. The summed E-state index contributed by atoms with van der Waals surface area (Å²) in [6.07, 6.45) is 4.78. The summed E-state index contributed by atoms with van der Waals surface area (Å²) < 4.78 is 4.84. The van der Waals surface area contributed by atoms with E-state index in [1.807, 2.05) is 0 Å². The van der Waals surface area contributed by atoms with Crippen molar-refractivity contribution in [1.82, 2.24) is 4.90 Å². The number of carbonyl (C=O) groups excluding carboxylic acids is 1. The highest BCUT2D eigenvalue weighted by Gasteiger charge is 2.68. The standard InChI is InChI=1S/C11H17NO2/c1-12-8-3-4-11(8)6-7(5-9(11)12)10(13)14-2/h7-9H,3-6H2,1-2H3. The molecule has 0 radical (unpaired) electrons. The van der Waals surface area contributed by atoms with Gasteiger partial charge in [0.25, 0.3) is 0 Å². The lowest BCUT2D eigenvalue weighted by Crippen LogP contribution is -2.73. The van der Waals surface area contributed by atoms with Crippen LogP contribution < -0.4 is 0 Å². The molecule has 3 aliphatic rings. The third kappa shape index (κ3) is 0.761. The molecule has 2 aliphatic carbocycles. The molecule has 1 spiro atoms. The summed E-state index contributed by atoms with van der Waals surface area (Å²) >= 11 is 0. The van der Waals surface area contributed by atoms with Gasteiger partial charge in [-0.25, -0.2) is 0 Å². The lowest BCUT2D eigenvalue weighted by atomic mass is 9.53. The SMILES string of the molecule is COC(=O)C1CC2N(C)C3CCC32C1. The van der Waals surface area contributed by atoms with Gasteiger partial charge in [-0.3, -0.25) is 9.69 Å². The van der Waals surface area contributed by atoms with Crippen LogP contribution in [0, 0.1) is 11.3 Å². The topological polar surface area (TPSA) is 29.5 Å². The fourth-order valence-electron chi connectivity index (χ4n) is 4.12. The van der Waals surface area contributed by atoms with E-state index < -0.39 is 0 Å². The first kappa shape index (κ1) is 8.72. The normalized spacial score (nSPS) is 50.0. The van der Waals surface area contributed by atoms with Crippen molar-refractivity contribution in [2.45, 2.75) is 37.8 Å². The molecule has 14 heavy (non-hydrogen) atoms. The van der Waals surface area contributed by atoms with E-state index in [0.717, 1.165) is 18.9 Å². The second kappa shape index (κ2) is 2.51. The van der Waals surface area contributed by atoms with E-state index in [0.29, 0.717) is 11.5 Å². The number of hydrogen-bond donors (Lipinski definition) is 0. The molecular formula is C11H17NO2. The van der Waals surface area contributed by atoms with E-state index in [4.69, 9.17) is 4.74 Å². The van der Waals surface area contributed by atoms with Crippen LogP contribution in [0.3, 0.4) is 0 Å².